The number of alkyl halides is 3. The molecule has 2 aromatic rings. The minimum atomic E-state index is -4.37. The van der Waals surface area contributed by atoms with Gasteiger partial charge in [-0.2, -0.15) is 13.2 Å². The molecule has 0 saturated carbocycles. The van der Waals surface area contributed by atoms with Crippen molar-refractivity contribution < 1.29 is 17.4 Å². The zero-order valence-corrected chi connectivity index (χ0v) is 14.1. The Bertz CT molecular complexity index is 680. The van der Waals surface area contributed by atoms with Crippen LogP contribution in [0.3, 0.4) is 0 Å². The van der Waals surface area contributed by atoms with Crippen molar-refractivity contribution in [1.29, 1.82) is 0 Å². The molecule has 124 valence electrons. The normalized spacial score (nSPS) is 13.8. The topological polar surface area (TPSA) is 17.1 Å². The summed E-state index contributed by atoms with van der Waals surface area (Å²) < 4.78 is 49.9. The Morgan fingerprint density at radius 3 is 1.74 bits per heavy atom. The van der Waals surface area contributed by atoms with Gasteiger partial charge in [0.2, 0.25) is 0 Å². The SMILES string of the molecule is CC(C)(C)c1ccc(CS(=O)c2ccc(C(F)(F)F)cc2)cc1. The maximum atomic E-state index is 12.5. The molecule has 0 spiro atoms. The lowest BCUT2D eigenvalue weighted by Crippen LogP contribution is -2.10. The molecule has 1 atom stereocenters. The molecule has 0 N–H and O–H groups in total. The lowest BCUT2D eigenvalue weighted by atomic mass is 9.87. The molecule has 0 aliphatic rings. The summed E-state index contributed by atoms with van der Waals surface area (Å²) in [6, 6.07) is 12.3. The number of hydrogen-bond donors (Lipinski definition) is 0. The van der Waals surface area contributed by atoms with Crippen LogP contribution in [-0.2, 0) is 28.1 Å². The summed E-state index contributed by atoms with van der Waals surface area (Å²) in [6.45, 7) is 6.34. The van der Waals surface area contributed by atoms with Crippen molar-refractivity contribution in [2.75, 3.05) is 0 Å². The molecule has 0 radical (unpaired) electrons. The largest absolute Gasteiger partial charge is 0.416 e. The van der Waals surface area contributed by atoms with Gasteiger partial charge in [-0.25, -0.2) is 0 Å². The standard InChI is InChI=1S/C18H19F3OS/c1-17(2,3)14-6-4-13(5-7-14)12-23(22)16-10-8-15(9-11-16)18(19,20)21/h4-11H,12H2,1-3H3. The van der Waals surface area contributed by atoms with Gasteiger partial charge in [-0.1, -0.05) is 45.0 Å². The van der Waals surface area contributed by atoms with Crippen molar-refractivity contribution in [3.8, 4) is 0 Å². The van der Waals surface area contributed by atoms with Crippen LogP contribution in [0.25, 0.3) is 0 Å². The molecule has 2 aromatic carbocycles. The predicted molar refractivity (Wildman–Crippen MR) is 86.7 cm³/mol. The van der Waals surface area contributed by atoms with Crippen molar-refractivity contribution in [1.82, 2.24) is 0 Å². The van der Waals surface area contributed by atoms with Gasteiger partial charge in [-0.15, -0.1) is 0 Å². The van der Waals surface area contributed by atoms with Crippen molar-refractivity contribution in [2.45, 2.75) is 43.0 Å². The molecule has 0 aliphatic carbocycles. The quantitative estimate of drug-likeness (QED) is 0.740. The molecule has 2 rings (SSSR count). The van der Waals surface area contributed by atoms with Gasteiger partial charge in [0.25, 0.3) is 0 Å². The van der Waals surface area contributed by atoms with Gasteiger partial charge in [0, 0.05) is 4.90 Å². The van der Waals surface area contributed by atoms with Crippen LogP contribution >= 0.6 is 0 Å². The van der Waals surface area contributed by atoms with E-state index < -0.39 is 22.5 Å². The lowest BCUT2D eigenvalue weighted by Gasteiger charge is -2.19. The molecule has 1 nitrogen and oxygen atoms in total. The first-order chi connectivity index (χ1) is 10.6. The molecule has 0 fully saturated rings. The van der Waals surface area contributed by atoms with E-state index in [2.05, 4.69) is 20.8 Å². The van der Waals surface area contributed by atoms with Crippen molar-refractivity contribution in [3.05, 3.63) is 65.2 Å². The number of rotatable bonds is 3. The summed E-state index contributed by atoms with van der Waals surface area (Å²) in [5.74, 6) is 0.287. The first-order valence-electron chi connectivity index (χ1n) is 7.22. The number of hydrogen-bond acceptors (Lipinski definition) is 1. The van der Waals surface area contributed by atoms with Crippen LogP contribution in [-0.4, -0.2) is 4.21 Å². The third-order valence-electron chi connectivity index (χ3n) is 3.56. The Hall–Kier alpha value is -1.62. The van der Waals surface area contributed by atoms with Gasteiger partial charge in [-0.3, -0.25) is 4.21 Å². The maximum absolute atomic E-state index is 12.5. The Morgan fingerprint density at radius 1 is 0.826 bits per heavy atom. The molecule has 1 unspecified atom stereocenters. The van der Waals surface area contributed by atoms with Crippen LogP contribution in [0.5, 0.6) is 0 Å². The highest BCUT2D eigenvalue weighted by Gasteiger charge is 2.30. The second-order valence-corrected chi connectivity index (χ2v) is 7.91. The molecule has 0 amide bonds. The summed E-state index contributed by atoms with van der Waals surface area (Å²) in [7, 11) is -1.36. The summed E-state index contributed by atoms with van der Waals surface area (Å²) in [5.41, 5.74) is 1.40. The summed E-state index contributed by atoms with van der Waals surface area (Å²) in [6.07, 6.45) is -4.37. The van der Waals surface area contributed by atoms with E-state index in [4.69, 9.17) is 0 Å². The second-order valence-electron chi connectivity index (χ2n) is 6.46. The molecule has 0 bridgehead atoms. The Morgan fingerprint density at radius 2 is 1.30 bits per heavy atom. The maximum Gasteiger partial charge on any atom is 0.416 e. The van der Waals surface area contributed by atoms with Crippen molar-refractivity contribution in [2.24, 2.45) is 0 Å². The molecule has 5 heteroatoms. The smallest absolute Gasteiger partial charge is 0.254 e. The second kappa shape index (κ2) is 6.48. The van der Waals surface area contributed by atoms with Gasteiger partial charge in [-0.05, 0) is 40.8 Å². The molecular formula is C18H19F3OS. The van der Waals surface area contributed by atoms with E-state index in [0.717, 1.165) is 17.7 Å². The summed E-state index contributed by atoms with van der Waals surface area (Å²) >= 11 is 0. The van der Waals surface area contributed by atoms with Crippen molar-refractivity contribution >= 4 is 10.8 Å². The lowest BCUT2D eigenvalue weighted by molar-refractivity contribution is -0.137. The predicted octanol–water partition coefficient (Wildman–Crippen LogP) is 5.31. The highest BCUT2D eigenvalue weighted by molar-refractivity contribution is 7.84. The van der Waals surface area contributed by atoms with E-state index in [-0.39, 0.29) is 11.2 Å². The molecule has 0 saturated heterocycles. The zero-order valence-electron chi connectivity index (χ0n) is 13.3. The minimum Gasteiger partial charge on any atom is -0.254 e. The van der Waals surface area contributed by atoms with E-state index in [0.29, 0.717) is 4.90 Å². The molecule has 23 heavy (non-hydrogen) atoms. The van der Waals surface area contributed by atoms with E-state index in [9.17, 15) is 17.4 Å². The van der Waals surface area contributed by atoms with Crippen LogP contribution in [0.4, 0.5) is 13.2 Å². The molecule has 0 aliphatic heterocycles. The van der Waals surface area contributed by atoms with Gasteiger partial charge < -0.3 is 0 Å². The fourth-order valence-corrected chi connectivity index (χ4v) is 3.23. The molecule has 0 heterocycles. The average molecular weight is 340 g/mol. The number of halogens is 3. The fraction of sp³-hybridized carbons (Fsp3) is 0.333. The minimum absolute atomic E-state index is 0.0467. The molecular weight excluding hydrogens is 321 g/mol. The van der Waals surface area contributed by atoms with Gasteiger partial charge in [0.1, 0.15) is 0 Å². The van der Waals surface area contributed by atoms with Crippen LogP contribution in [0.2, 0.25) is 0 Å². The summed E-state index contributed by atoms with van der Waals surface area (Å²) in [5, 5.41) is 0. The van der Waals surface area contributed by atoms with Crippen LogP contribution < -0.4 is 0 Å². The average Bonchev–Trinajstić information content (AvgIpc) is 2.46. The Balaban J connectivity index is 2.10. The van der Waals surface area contributed by atoms with Crippen molar-refractivity contribution in [3.63, 3.8) is 0 Å². The first kappa shape index (κ1) is 17.7. The van der Waals surface area contributed by atoms with Crippen LogP contribution in [0.1, 0.15) is 37.5 Å². The molecule has 0 aromatic heterocycles. The van der Waals surface area contributed by atoms with Gasteiger partial charge in [0.05, 0.1) is 22.1 Å². The van der Waals surface area contributed by atoms with E-state index in [1.54, 1.807) is 0 Å². The zero-order chi connectivity index (χ0) is 17.3. The third-order valence-corrected chi connectivity index (χ3v) is 4.96. The first-order valence-corrected chi connectivity index (χ1v) is 8.54. The van der Waals surface area contributed by atoms with E-state index >= 15 is 0 Å². The van der Waals surface area contributed by atoms with E-state index in [1.165, 1.54) is 17.7 Å². The highest BCUT2D eigenvalue weighted by atomic mass is 32.2. The van der Waals surface area contributed by atoms with Crippen LogP contribution in [0.15, 0.2) is 53.4 Å². The van der Waals surface area contributed by atoms with E-state index in [1.807, 2.05) is 24.3 Å². The van der Waals surface area contributed by atoms with Gasteiger partial charge in [0.15, 0.2) is 0 Å². The third kappa shape index (κ3) is 4.67. The van der Waals surface area contributed by atoms with Crippen LogP contribution in [0, 0.1) is 0 Å². The van der Waals surface area contributed by atoms with Gasteiger partial charge >= 0.3 is 6.18 Å². The Kier molecular flexibility index (Phi) is 4.99. The Labute approximate surface area is 137 Å². The monoisotopic (exact) mass is 340 g/mol. The summed E-state index contributed by atoms with van der Waals surface area (Å²) in [4.78, 5) is 0.401. The highest BCUT2D eigenvalue weighted by Crippen LogP contribution is 2.30. The fourth-order valence-electron chi connectivity index (χ4n) is 2.13. The number of benzene rings is 2.